The molecule has 3 rings (SSSR count). The third-order valence-electron chi connectivity index (χ3n) is 4.36. The Bertz CT molecular complexity index is 715. The summed E-state index contributed by atoms with van der Waals surface area (Å²) in [7, 11) is 0. The third kappa shape index (κ3) is 2.87. The van der Waals surface area contributed by atoms with Gasteiger partial charge >= 0.3 is 0 Å². The lowest BCUT2D eigenvalue weighted by atomic mass is 9.67. The van der Waals surface area contributed by atoms with Crippen molar-refractivity contribution in [3.63, 3.8) is 0 Å². The third-order valence-corrected chi connectivity index (χ3v) is 4.55. The molecule has 5 nitrogen and oxygen atoms in total. The SMILES string of the molecule is O=C(NCC1(CCO)CCC1)c1ccc2[nH]c(=S)oc2c1. The average Bonchev–Trinajstić information content (AvgIpc) is 2.80. The van der Waals surface area contributed by atoms with Gasteiger partial charge in [-0.1, -0.05) is 6.42 Å². The fourth-order valence-electron chi connectivity index (χ4n) is 2.89. The molecule has 3 N–H and O–H groups in total. The van der Waals surface area contributed by atoms with Gasteiger partial charge in [-0.25, -0.2) is 0 Å². The monoisotopic (exact) mass is 306 g/mol. The lowest BCUT2D eigenvalue weighted by Crippen LogP contribution is -2.42. The first kappa shape index (κ1) is 14.3. The summed E-state index contributed by atoms with van der Waals surface area (Å²) in [6, 6.07) is 5.23. The minimum atomic E-state index is -0.122. The van der Waals surface area contributed by atoms with Crippen LogP contribution in [0.15, 0.2) is 22.6 Å². The van der Waals surface area contributed by atoms with Gasteiger partial charge in [-0.3, -0.25) is 4.79 Å². The maximum Gasteiger partial charge on any atom is 0.266 e. The van der Waals surface area contributed by atoms with Gasteiger partial charge in [-0.15, -0.1) is 0 Å². The van der Waals surface area contributed by atoms with Crippen LogP contribution in [0.5, 0.6) is 0 Å². The van der Waals surface area contributed by atoms with E-state index in [0.29, 0.717) is 22.5 Å². The van der Waals surface area contributed by atoms with Crippen LogP contribution in [0.4, 0.5) is 0 Å². The summed E-state index contributed by atoms with van der Waals surface area (Å²) in [6.07, 6.45) is 4.06. The number of H-pyrrole nitrogens is 1. The molecular weight excluding hydrogens is 288 g/mol. The number of aromatic amines is 1. The highest BCUT2D eigenvalue weighted by Crippen LogP contribution is 2.43. The lowest BCUT2D eigenvalue weighted by molar-refractivity contribution is 0.0732. The van der Waals surface area contributed by atoms with Gasteiger partial charge in [0.2, 0.25) is 0 Å². The second kappa shape index (κ2) is 5.61. The molecular formula is C15H18N2O3S. The molecule has 1 saturated carbocycles. The van der Waals surface area contributed by atoms with Crippen molar-refractivity contribution in [2.45, 2.75) is 25.7 Å². The molecule has 21 heavy (non-hydrogen) atoms. The molecule has 0 unspecified atom stereocenters. The Morgan fingerprint density at radius 3 is 2.95 bits per heavy atom. The standard InChI is InChI=1S/C15H18N2O3S/c18-7-6-15(4-1-5-15)9-16-13(19)10-2-3-11-12(8-10)20-14(21)17-11/h2-3,8,18H,1,4-7,9H2,(H,16,19)(H,17,21). The van der Waals surface area contributed by atoms with Gasteiger partial charge in [-0.2, -0.15) is 0 Å². The summed E-state index contributed by atoms with van der Waals surface area (Å²) in [5.74, 6) is -0.122. The maximum absolute atomic E-state index is 12.2. The Balaban J connectivity index is 1.70. The molecule has 0 saturated heterocycles. The van der Waals surface area contributed by atoms with E-state index in [1.54, 1.807) is 18.2 Å². The van der Waals surface area contributed by atoms with Crippen LogP contribution < -0.4 is 5.32 Å². The molecule has 1 aromatic carbocycles. The van der Waals surface area contributed by atoms with Crippen molar-refractivity contribution in [2.75, 3.05) is 13.2 Å². The number of rotatable bonds is 5. The predicted octanol–water partition coefficient (Wildman–Crippen LogP) is 2.77. The summed E-state index contributed by atoms with van der Waals surface area (Å²) in [4.78, 5) is 15.4. The van der Waals surface area contributed by atoms with Crippen molar-refractivity contribution >= 4 is 29.2 Å². The number of amides is 1. The first-order chi connectivity index (χ1) is 10.1. The molecule has 1 aliphatic rings. The summed E-state index contributed by atoms with van der Waals surface area (Å²) < 4.78 is 5.32. The van der Waals surface area contributed by atoms with E-state index in [1.807, 2.05) is 0 Å². The molecule has 1 fully saturated rings. The van der Waals surface area contributed by atoms with Crippen molar-refractivity contribution in [3.05, 3.63) is 28.6 Å². The molecule has 1 amide bonds. The van der Waals surface area contributed by atoms with Crippen molar-refractivity contribution in [1.82, 2.24) is 10.3 Å². The number of hydrogen-bond acceptors (Lipinski definition) is 4. The van der Waals surface area contributed by atoms with Crippen LogP contribution in [0.2, 0.25) is 0 Å². The summed E-state index contributed by atoms with van der Waals surface area (Å²) >= 11 is 4.93. The first-order valence-corrected chi connectivity index (χ1v) is 7.55. The molecule has 112 valence electrons. The molecule has 6 heteroatoms. The van der Waals surface area contributed by atoms with E-state index in [4.69, 9.17) is 21.7 Å². The first-order valence-electron chi connectivity index (χ1n) is 7.14. The topological polar surface area (TPSA) is 78.3 Å². The van der Waals surface area contributed by atoms with Crippen molar-refractivity contribution < 1.29 is 14.3 Å². The highest BCUT2D eigenvalue weighted by atomic mass is 32.1. The Labute approximate surface area is 127 Å². The van der Waals surface area contributed by atoms with Crippen molar-refractivity contribution in [2.24, 2.45) is 5.41 Å². The zero-order valence-electron chi connectivity index (χ0n) is 11.6. The van der Waals surface area contributed by atoms with Gasteiger partial charge in [0.1, 0.15) is 0 Å². The van der Waals surface area contributed by atoms with Gasteiger partial charge in [-0.05, 0) is 55.1 Å². The van der Waals surface area contributed by atoms with Crippen LogP contribution in [-0.4, -0.2) is 29.1 Å². The number of nitrogens with one attached hydrogen (secondary N) is 2. The quantitative estimate of drug-likeness (QED) is 0.742. The highest BCUT2D eigenvalue weighted by Gasteiger charge is 2.36. The van der Waals surface area contributed by atoms with Crippen molar-refractivity contribution in [3.8, 4) is 0 Å². The number of aliphatic hydroxyl groups excluding tert-OH is 1. The number of carbonyl (C=O) groups is 1. The van der Waals surface area contributed by atoms with Crippen LogP contribution in [0.25, 0.3) is 11.1 Å². The molecule has 0 aliphatic heterocycles. The van der Waals surface area contributed by atoms with Crippen molar-refractivity contribution in [1.29, 1.82) is 0 Å². The predicted molar refractivity (Wildman–Crippen MR) is 81.7 cm³/mol. The minimum Gasteiger partial charge on any atom is -0.429 e. The smallest absolute Gasteiger partial charge is 0.266 e. The molecule has 0 radical (unpaired) electrons. The Morgan fingerprint density at radius 2 is 2.29 bits per heavy atom. The number of oxazole rings is 1. The van der Waals surface area contributed by atoms with Gasteiger partial charge in [0.05, 0.1) is 5.52 Å². The number of aliphatic hydroxyl groups is 1. The normalized spacial score (nSPS) is 16.6. The molecule has 0 bridgehead atoms. The van der Waals surface area contributed by atoms with E-state index < -0.39 is 0 Å². The number of hydrogen-bond donors (Lipinski definition) is 3. The maximum atomic E-state index is 12.2. The summed E-state index contributed by atoms with van der Waals surface area (Å²) in [5, 5.41) is 12.1. The Hall–Kier alpha value is -1.66. The van der Waals surface area contributed by atoms with Gasteiger partial charge in [0.25, 0.3) is 10.7 Å². The Kier molecular flexibility index (Phi) is 3.82. The Morgan fingerprint density at radius 1 is 1.48 bits per heavy atom. The van der Waals surface area contributed by atoms with E-state index in [9.17, 15) is 4.79 Å². The van der Waals surface area contributed by atoms with Crippen LogP contribution in [0.1, 0.15) is 36.0 Å². The fourth-order valence-corrected chi connectivity index (χ4v) is 3.09. The highest BCUT2D eigenvalue weighted by molar-refractivity contribution is 7.71. The zero-order chi connectivity index (χ0) is 14.9. The van der Waals surface area contributed by atoms with E-state index in [1.165, 1.54) is 6.42 Å². The number of aromatic nitrogens is 1. The molecule has 0 atom stereocenters. The number of carbonyl (C=O) groups excluding carboxylic acids is 1. The van der Waals surface area contributed by atoms with E-state index in [2.05, 4.69) is 10.3 Å². The largest absolute Gasteiger partial charge is 0.429 e. The summed E-state index contributed by atoms with van der Waals surface area (Å²) in [5.41, 5.74) is 2.01. The fraction of sp³-hybridized carbons (Fsp3) is 0.467. The second-order valence-corrected chi connectivity index (χ2v) is 6.11. The van der Waals surface area contributed by atoms with Gasteiger partial charge in [0.15, 0.2) is 5.58 Å². The van der Waals surface area contributed by atoms with E-state index in [-0.39, 0.29) is 17.9 Å². The number of benzene rings is 1. The zero-order valence-corrected chi connectivity index (χ0v) is 12.5. The molecule has 1 aliphatic carbocycles. The second-order valence-electron chi connectivity index (χ2n) is 5.74. The lowest BCUT2D eigenvalue weighted by Gasteiger charge is -2.41. The molecule has 2 aromatic rings. The summed E-state index contributed by atoms with van der Waals surface area (Å²) in [6.45, 7) is 0.784. The number of fused-ring (bicyclic) bond motifs is 1. The van der Waals surface area contributed by atoms with E-state index >= 15 is 0 Å². The van der Waals surface area contributed by atoms with E-state index in [0.717, 1.165) is 24.8 Å². The molecule has 0 spiro atoms. The molecule has 1 aromatic heterocycles. The minimum absolute atomic E-state index is 0.0841. The average molecular weight is 306 g/mol. The van der Waals surface area contributed by atoms with Crippen LogP contribution in [0, 0.1) is 10.3 Å². The molecule has 1 heterocycles. The van der Waals surface area contributed by atoms with Crippen LogP contribution in [-0.2, 0) is 0 Å². The van der Waals surface area contributed by atoms with Crippen LogP contribution in [0.3, 0.4) is 0 Å². The van der Waals surface area contributed by atoms with Gasteiger partial charge < -0.3 is 19.8 Å². The van der Waals surface area contributed by atoms with Crippen LogP contribution >= 0.6 is 12.2 Å². The van der Waals surface area contributed by atoms with Gasteiger partial charge in [0, 0.05) is 18.7 Å².